The molecule has 0 aliphatic heterocycles. The van der Waals surface area contributed by atoms with Gasteiger partial charge in [0, 0.05) is 26.1 Å². The van der Waals surface area contributed by atoms with E-state index in [9.17, 15) is 4.79 Å². The Hall–Kier alpha value is -2.37. The van der Waals surface area contributed by atoms with E-state index in [1.807, 2.05) is 24.9 Å². The van der Waals surface area contributed by atoms with Crippen molar-refractivity contribution >= 4 is 17.1 Å². The molecule has 6 heteroatoms. The third kappa shape index (κ3) is 3.59. The van der Waals surface area contributed by atoms with Crippen molar-refractivity contribution in [2.45, 2.75) is 58.4 Å². The van der Waals surface area contributed by atoms with Crippen molar-refractivity contribution < 1.29 is 0 Å². The maximum Gasteiger partial charge on any atom is 0.280 e. The van der Waals surface area contributed by atoms with E-state index in [-0.39, 0.29) is 5.56 Å². The Morgan fingerprint density at radius 1 is 1.38 bits per heavy atom. The lowest BCUT2D eigenvalue weighted by Gasteiger charge is -2.22. The number of likely N-dealkylation sites (N-methyl/N-ethyl adjacent to an activating group) is 1. The molecule has 26 heavy (non-hydrogen) atoms. The molecule has 2 heterocycles. The van der Waals surface area contributed by atoms with E-state index in [0.717, 1.165) is 30.7 Å². The SMILES string of the molecule is C=C/C=C(\C)CN(C)c1nc2nc(C3CCCC3)[nH]c2c(=O)n1CCC. The lowest BCUT2D eigenvalue weighted by Crippen LogP contribution is -2.31. The third-order valence-electron chi connectivity index (χ3n) is 5.03. The summed E-state index contributed by atoms with van der Waals surface area (Å²) in [5.74, 6) is 2.03. The van der Waals surface area contributed by atoms with Crippen molar-refractivity contribution in [2.24, 2.45) is 0 Å². The molecular weight excluding hydrogens is 326 g/mol. The van der Waals surface area contributed by atoms with Gasteiger partial charge in [-0.05, 0) is 26.2 Å². The summed E-state index contributed by atoms with van der Waals surface area (Å²) in [5, 5.41) is 0. The van der Waals surface area contributed by atoms with Crippen LogP contribution in [0.3, 0.4) is 0 Å². The molecule has 2 aromatic rings. The van der Waals surface area contributed by atoms with Crippen LogP contribution in [0.25, 0.3) is 11.2 Å². The fourth-order valence-corrected chi connectivity index (χ4v) is 3.80. The minimum atomic E-state index is -0.0270. The number of fused-ring (bicyclic) bond motifs is 1. The number of hydrogen-bond acceptors (Lipinski definition) is 4. The maximum atomic E-state index is 13.1. The number of nitrogens with zero attached hydrogens (tertiary/aromatic N) is 4. The largest absolute Gasteiger partial charge is 0.341 e. The van der Waals surface area contributed by atoms with Crippen molar-refractivity contribution in [2.75, 3.05) is 18.5 Å². The molecular formula is C20H29N5O. The number of nitrogens with one attached hydrogen (secondary N) is 1. The first-order valence-corrected chi connectivity index (χ1v) is 9.55. The summed E-state index contributed by atoms with van der Waals surface area (Å²) in [6.07, 6.45) is 9.38. The first-order chi connectivity index (χ1) is 12.5. The van der Waals surface area contributed by atoms with Gasteiger partial charge in [0.1, 0.15) is 5.82 Å². The minimum Gasteiger partial charge on any atom is -0.341 e. The predicted octanol–water partition coefficient (Wildman–Crippen LogP) is 3.76. The van der Waals surface area contributed by atoms with Crippen molar-refractivity contribution in [3.63, 3.8) is 0 Å². The molecule has 0 amide bonds. The molecule has 1 aliphatic carbocycles. The molecule has 1 saturated carbocycles. The number of aromatic nitrogens is 4. The van der Waals surface area contributed by atoms with Gasteiger partial charge in [0.15, 0.2) is 11.2 Å². The van der Waals surface area contributed by atoms with Crippen LogP contribution in [-0.2, 0) is 6.54 Å². The van der Waals surface area contributed by atoms with E-state index in [1.54, 1.807) is 10.6 Å². The minimum absolute atomic E-state index is 0.0270. The lowest BCUT2D eigenvalue weighted by atomic mass is 10.1. The van der Waals surface area contributed by atoms with Gasteiger partial charge in [0.05, 0.1) is 0 Å². The van der Waals surface area contributed by atoms with E-state index >= 15 is 0 Å². The van der Waals surface area contributed by atoms with Gasteiger partial charge in [0.2, 0.25) is 5.95 Å². The number of imidazole rings is 1. The molecule has 2 aromatic heterocycles. The number of H-pyrrole nitrogens is 1. The summed E-state index contributed by atoms with van der Waals surface area (Å²) < 4.78 is 1.76. The van der Waals surface area contributed by atoms with E-state index in [0.29, 0.717) is 36.1 Å². The van der Waals surface area contributed by atoms with E-state index < -0.39 is 0 Å². The number of rotatable bonds is 7. The van der Waals surface area contributed by atoms with Gasteiger partial charge in [-0.3, -0.25) is 9.36 Å². The second kappa shape index (κ2) is 7.89. The molecule has 3 rings (SSSR count). The van der Waals surface area contributed by atoms with Crippen LogP contribution in [0.5, 0.6) is 0 Å². The molecule has 0 spiro atoms. The van der Waals surface area contributed by atoms with Crippen LogP contribution in [0.1, 0.15) is 57.7 Å². The summed E-state index contributed by atoms with van der Waals surface area (Å²) in [4.78, 5) is 27.8. The monoisotopic (exact) mass is 355 g/mol. The van der Waals surface area contributed by atoms with Gasteiger partial charge in [-0.15, -0.1) is 0 Å². The summed E-state index contributed by atoms with van der Waals surface area (Å²) >= 11 is 0. The molecule has 0 aromatic carbocycles. The first-order valence-electron chi connectivity index (χ1n) is 9.55. The normalized spacial score (nSPS) is 15.7. The Balaban J connectivity index is 2.05. The highest BCUT2D eigenvalue weighted by atomic mass is 16.1. The van der Waals surface area contributed by atoms with Crippen LogP contribution in [0.4, 0.5) is 5.95 Å². The molecule has 0 bridgehead atoms. The fourth-order valence-electron chi connectivity index (χ4n) is 3.80. The number of allylic oxidation sites excluding steroid dienone is 2. The summed E-state index contributed by atoms with van der Waals surface area (Å²) in [6, 6.07) is 0. The highest BCUT2D eigenvalue weighted by Gasteiger charge is 2.23. The zero-order chi connectivity index (χ0) is 18.7. The topological polar surface area (TPSA) is 66.8 Å². The predicted molar refractivity (Wildman–Crippen MR) is 107 cm³/mol. The molecule has 1 aliphatic rings. The van der Waals surface area contributed by atoms with Crippen LogP contribution < -0.4 is 10.5 Å². The summed E-state index contributed by atoms with van der Waals surface area (Å²) in [7, 11) is 1.96. The Bertz CT molecular complexity index is 870. The van der Waals surface area contributed by atoms with Crippen LogP contribution in [0.2, 0.25) is 0 Å². The quantitative estimate of drug-likeness (QED) is 0.768. The number of anilines is 1. The Morgan fingerprint density at radius 2 is 2.12 bits per heavy atom. The zero-order valence-electron chi connectivity index (χ0n) is 16.1. The van der Waals surface area contributed by atoms with Crippen LogP contribution in [-0.4, -0.2) is 33.1 Å². The second-order valence-corrected chi connectivity index (χ2v) is 7.28. The molecule has 0 radical (unpaired) electrons. The van der Waals surface area contributed by atoms with Gasteiger partial charge in [-0.1, -0.05) is 44.1 Å². The van der Waals surface area contributed by atoms with E-state index in [4.69, 9.17) is 4.98 Å². The molecule has 6 nitrogen and oxygen atoms in total. The summed E-state index contributed by atoms with van der Waals surface area (Å²) in [5.41, 5.74) is 2.21. The maximum absolute atomic E-state index is 13.1. The third-order valence-corrected chi connectivity index (χ3v) is 5.03. The highest BCUT2D eigenvalue weighted by Crippen LogP contribution is 2.33. The van der Waals surface area contributed by atoms with Gasteiger partial charge < -0.3 is 9.88 Å². The lowest BCUT2D eigenvalue weighted by molar-refractivity contribution is 0.636. The average Bonchev–Trinajstić information content (AvgIpc) is 3.26. The molecule has 0 unspecified atom stereocenters. The van der Waals surface area contributed by atoms with Crippen molar-refractivity contribution in [3.05, 3.63) is 40.5 Å². The van der Waals surface area contributed by atoms with Gasteiger partial charge >= 0.3 is 0 Å². The first kappa shape index (κ1) is 18.4. The fraction of sp³-hybridized carbons (Fsp3) is 0.550. The standard InChI is InChI=1S/C20H29N5O/c1-5-9-14(3)13-24(4)20-23-18-16(19(26)25(20)12-6-2)21-17(22-18)15-10-7-8-11-15/h5,9,15H,1,6-8,10-13H2,2-4H3,(H,21,22)/b14-9+. The van der Waals surface area contributed by atoms with E-state index in [2.05, 4.69) is 23.5 Å². The molecule has 1 fully saturated rings. The molecule has 140 valence electrons. The smallest absolute Gasteiger partial charge is 0.280 e. The number of hydrogen-bond donors (Lipinski definition) is 1. The van der Waals surface area contributed by atoms with Crippen LogP contribution in [0, 0.1) is 0 Å². The van der Waals surface area contributed by atoms with E-state index in [1.165, 1.54) is 12.8 Å². The Kier molecular flexibility index (Phi) is 5.59. The number of aromatic amines is 1. The highest BCUT2D eigenvalue weighted by molar-refractivity contribution is 5.71. The van der Waals surface area contributed by atoms with Gasteiger partial charge in [-0.25, -0.2) is 4.98 Å². The van der Waals surface area contributed by atoms with Crippen LogP contribution in [0.15, 0.2) is 29.1 Å². The Labute approximate surface area is 154 Å². The van der Waals surface area contributed by atoms with Gasteiger partial charge in [0.25, 0.3) is 5.56 Å². The average molecular weight is 355 g/mol. The Morgan fingerprint density at radius 3 is 2.77 bits per heavy atom. The van der Waals surface area contributed by atoms with Gasteiger partial charge in [-0.2, -0.15) is 4.98 Å². The van der Waals surface area contributed by atoms with Crippen LogP contribution >= 0.6 is 0 Å². The summed E-state index contributed by atoms with van der Waals surface area (Å²) in [6.45, 7) is 9.19. The zero-order valence-corrected chi connectivity index (χ0v) is 16.1. The second-order valence-electron chi connectivity index (χ2n) is 7.28. The van der Waals surface area contributed by atoms with Crippen molar-refractivity contribution in [3.8, 4) is 0 Å². The molecule has 1 N–H and O–H groups in total. The molecule has 0 atom stereocenters. The molecule has 0 saturated heterocycles. The van der Waals surface area contributed by atoms with Crippen molar-refractivity contribution in [1.82, 2.24) is 19.5 Å². The van der Waals surface area contributed by atoms with Crippen molar-refractivity contribution in [1.29, 1.82) is 0 Å².